The number of amides is 1. The third-order valence-corrected chi connectivity index (χ3v) is 4.95. The number of hydrogen-bond acceptors (Lipinski definition) is 4. The van der Waals surface area contributed by atoms with Gasteiger partial charge in [0.1, 0.15) is 6.61 Å². The molecule has 1 saturated carbocycles. The van der Waals surface area contributed by atoms with E-state index in [9.17, 15) is 9.59 Å². The monoisotopic (exact) mass is 346 g/mol. The molecule has 0 aromatic heterocycles. The second-order valence-electron chi connectivity index (χ2n) is 7.16. The highest BCUT2D eigenvalue weighted by atomic mass is 16.5. The Hall–Kier alpha value is -1.88. The zero-order valence-electron chi connectivity index (χ0n) is 15.1. The molecule has 1 aromatic carbocycles. The highest BCUT2D eigenvalue weighted by molar-refractivity contribution is 5.86. The van der Waals surface area contributed by atoms with Crippen molar-refractivity contribution in [3.63, 3.8) is 0 Å². The number of ether oxygens (including phenoxy) is 1. The van der Waals surface area contributed by atoms with Crippen LogP contribution in [0.2, 0.25) is 0 Å². The molecule has 0 unspecified atom stereocenters. The number of nitrogens with two attached hydrogens (primary N) is 1. The second-order valence-corrected chi connectivity index (χ2v) is 7.16. The standard InChI is InChI=1S/C20H30N2O3/c1-15-7-9-16(10-8-15)11-12-22-20(24)18(21)13-19(23)25-14-17-5-3-2-4-6-17/h2-6,15-16,18H,7-14,21H2,1H3,(H,22,24)/t15?,16?,18-/m0/s1. The maximum absolute atomic E-state index is 12.0. The van der Waals surface area contributed by atoms with E-state index >= 15 is 0 Å². The fraction of sp³-hybridized carbons (Fsp3) is 0.600. The van der Waals surface area contributed by atoms with Gasteiger partial charge in [-0.15, -0.1) is 0 Å². The lowest BCUT2D eigenvalue weighted by molar-refractivity contribution is -0.146. The molecular weight excluding hydrogens is 316 g/mol. The van der Waals surface area contributed by atoms with Gasteiger partial charge in [-0.1, -0.05) is 62.9 Å². The van der Waals surface area contributed by atoms with E-state index in [0.717, 1.165) is 17.9 Å². The van der Waals surface area contributed by atoms with E-state index in [4.69, 9.17) is 10.5 Å². The summed E-state index contributed by atoms with van der Waals surface area (Å²) in [5, 5.41) is 2.85. The van der Waals surface area contributed by atoms with Gasteiger partial charge in [0.2, 0.25) is 5.91 Å². The summed E-state index contributed by atoms with van der Waals surface area (Å²) in [6, 6.07) is 8.58. The highest BCUT2D eigenvalue weighted by Crippen LogP contribution is 2.29. The molecule has 0 heterocycles. The first kappa shape index (κ1) is 19.4. The third-order valence-electron chi connectivity index (χ3n) is 4.95. The van der Waals surface area contributed by atoms with Gasteiger partial charge < -0.3 is 15.8 Å². The van der Waals surface area contributed by atoms with Gasteiger partial charge in [-0.05, 0) is 23.8 Å². The molecule has 1 fully saturated rings. The number of nitrogens with one attached hydrogen (secondary N) is 1. The van der Waals surface area contributed by atoms with Gasteiger partial charge in [-0.2, -0.15) is 0 Å². The first-order chi connectivity index (χ1) is 12.0. The van der Waals surface area contributed by atoms with Gasteiger partial charge >= 0.3 is 5.97 Å². The summed E-state index contributed by atoms with van der Waals surface area (Å²) in [5.74, 6) is 0.804. The van der Waals surface area contributed by atoms with Crippen molar-refractivity contribution in [1.29, 1.82) is 0 Å². The summed E-state index contributed by atoms with van der Waals surface area (Å²) in [4.78, 5) is 23.8. The molecule has 25 heavy (non-hydrogen) atoms. The van der Waals surface area contributed by atoms with Gasteiger partial charge in [0.15, 0.2) is 0 Å². The second kappa shape index (κ2) is 10.2. The van der Waals surface area contributed by atoms with Gasteiger partial charge in [0.25, 0.3) is 0 Å². The van der Waals surface area contributed by atoms with Crippen molar-refractivity contribution in [1.82, 2.24) is 5.32 Å². The minimum atomic E-state index is -0.852. The van der Waals surface area contributed by atoms with Crippen LogP contribution in [0.5, 0.6) is 0 Å². The Kier molecular flexibility index (Phi) is 7.92. The zero-order chi connectivity index (χ0) is 18.1. The van der Waals surface area contributed by atoms with E-state index in [1.807, 2.05) is 30.3 Å². The number of rotatable bonds is 8. The predicted octanol–water partition coefficient (Wildman–Crippen LogP) is 2.78. The van der Waals surface area contributed by atoms with Crippen molar-refractivity contribution < 1.29 is 14.3 Å². The summed E-state index contributed by atoms with van der Waals surface area (Å²) in [5.41, 5.74) is 6.72. The van der Waals surface area contributed by atoms with Gasteiger partial charge in [-0.3, -0.25) is 9.59 Å². The topological polar surface area (TPSA) is 81.4 Å². The van der Waals surface area contributed by atoms with Crippen molar-refractivity contribution in [2.24, 2.45) is 17.6 Å². The molecule has 1 amide bonds. The summed E-state index contributed by atoms with van der Waals surface area (Å²) in [6.45, 7) is 3.13. The van der Waals surface area contributed by atoms with Gasteiger partial charge in [0, 0.05) is 6.54 Å². The third kappa shape index (κ3) is 7.26. The van der Waals surface area contributed by atoms with E-state index in [1.54, 1.807) is 0 Å². The van der Waals surface area contributed by atoms with Gasteiger partial charge in [0.05, 0.1) is 12.5 Å². The molecule has 1 aliphatic carbocycles. The van der Waals surface area contributed by atoms with Crippen molar-refractivity contribution >= 4 is 11.9 Å². The molecule has 1 aromatic rings. The molecular formula is C20H30N2O3. The molecule has 2 rings (SSSR count). The zero-order valence-corrected chi connectivity index (χ0v) is 15.1. The average molecular weight is 346 g/mol. The Labute approximate surface area is 150 Å². The molecule has 0 bridgehead atoms. The molecule has 0 spiro atoms. The van der Waals surface area contributed by atoms with Crippen LogP contribution in [-0.4, -0.2) is 24.5 Å². The Balaban J connectivity index is 1.60. The quantitative estimate of drug-likeness (QED) is 0.709. The average Bonchev–Trinajstić information content (AvgIpc) is 2.62. The Morgan fingerprint density at radius 3 is 2.56 bits per heavy atom. The molecule has 5 nitrogen and oxygen atoms in total. The van der Waals surface area contributed by atoms with E-state index in [1.165, 1.54) is 25.7 Å². The van der Waals surface area contributed by atoms with Crippen molar-refractivity contribution in [2.45, 2.75) is 58.1 Å². The van der Waals surface area contributed by atoms with E-state index in [2.05, 4.69) is 12.2 Å². The van der Waals surface area contributed by atoms with Crippen molar-refractivity contribution in [2.75, 3.05) is 6.54 Å². The van der Waals surface area contributed by atoms with Crippen LogP contribution in [0.15, 0.2) is 30.3 Å². The minimum Gasteiger partial charge on any atom is -0.461 e. The Morgan fingerprint density at radius 2 is 1.88 bits per heavy atom. The van der Waals surface area contributed by atoms with Crippen LogP contribution in [-0.2, 0) is 20.9 Å². The van der Waals surface area contributed by atoms with Crippen LogP contribution in [0.3, 0.4) is 0 Å². The fourth-order valence-electron chi connectivity index (χ4n) is 3.22. The van der Waals surface area contributed by atoms with E-state index < -0.39 is 12.0 Å². The maximum atomic E-state index is 12.0. The Morgan fingerprint density at radius 1 is 1.20 bits per heavy atom. The van der Waals surface area contributed by atoms with Crippen LogP contribution >= 0.6 is 0 Å². The largest absolute Gasteiger partial charge is 0.461 e. The molecule has 0 radical (unpaired) electrons. The maximum Gasteiger partial charge on any atom is 0.308 e. The first-order valence-corrected chi connectivity index (χ1v) is 9.27. The number of hydrogen-bond donors (Lipinski definition) is 2. The van der Waals surface area contributed by atoms with Crippen molar-refractivity contribution in [3.8, 4) is 0 Å². The molecule has 1 aliphatic rings. The summed E-state index contributed by atoms with van der Waals surface area (Å²) >= 11 is 0. The minimum absolute atomic E-state index is 0.0976. The first-order valence-electron chi connectivity index (χ1n) is 9.27. The summed E-state index contributed by atoms with van der Waals surface area (Å²) < 4.78 is 5.16. The molecule has 3 N–H and O–H groups in total. The molecule has 1 atom stereocenters. The van der Waals surface area contributed by atoms with Crippen LogP contribution < -0.4 is 11.1 Å². The molecule has 5 heteroatoms. The van der Waals surface area contributed by atoms with Crippen molar-refractivity contribution in [3.05, 3.63) is 35.9 Å². The van der Waals surface area contributed by atoms with Crippen LogP contribution in [0.4, 0.5) is 0 Å². The van der Waals surface area contributed by atoms with Crippen LogP contribution in [0.25, 0.3) is 0 Å². The lowest BCUT2D eigenvalue weighted by Crippen LogP contribution is -2.42. The Bertz CT molecular complexity index is 539. The molecule has 0 aliphatic heterocycles. The smallest absolute Gasteiger partial charge is 0.308 e. The summed E-state index contributed by atoms with van der Waals surface area (Å²) in [6.07, 6.45) is 5.95. The van der Waals surface area contributed by atoms with Gasteiger partial charge in [-0.25, -0.2) is 0 Å². The number of carbonyl (C=O) groups excluding carboxylic acids is 2. The number of benzene rings is 1. The number of esters is 1. The van der Waals surface area contributed by atoms with Crippen LogP contribution in [0.1, 0.15) is 51.0 Å². The fourth-order valence-corrected chi connectivity index (χ4v) is 3.22. The predicted molar refractivity (Wildman–Crippen MR) is 97.6 cm³/mol. The molecule has 0 saturated heterocycles. The van der Waals surface area contributed by atoms with E-state index in [0.29, 0.717) is 12.5 Å². The van der Waals surface area contributed by atoms with Crippen LogP contribution in [0, 0.1) is 11.8 Å². The lowest BCUT2D eigenvalue weighted by atomic mass is 9.81. The normalized spacial score (nSPS) is 21.4. The SMILES string of the molecule is CC1CCC(CCNC(=O)[C@@H](N)CC(=O)OCc2ccccc2)CC1. The molecule has 138 valence electrons. The number of carbonyl (C=O) groups is 2. The summed E-state index contributed by atoms with van der Waals surface area (Å²) in [7, 11) is 0. The van der Waals surface area contributed by atoms with E-state index in [-0.39, 0.29) is 18.9 Å². The lowest BCUT2D eigenvalue weighted by Gasteiger charge is -2.26. The highest BCUT2D eigenvalue weighted by Gasteiger charge is 2.20.